The minimum absolute atomic E-state index is 0.00233. The van der Waals surface area contributed by atoms with Crippen LogP contribution >= 0.6 is 23.2 Å². The Morgan fingerprint density at radius 3 is 2.83 bits per heavy atom. The second kappa shape index (κ2) is 7.46. The molecule has 0 atom stereocenters. The molecule has 3 rings (SSSR count). The van der Waals surface area contributed by atoms with Crippen molar-refractivity contribution in [3.05, 3.63) is 63.4 Å². The van der Waals surface area contributed by atoms with E-state index in [1.165, 1.54) is 6.07 Å². The van der Waals surface area contributed by atoms with Crippen LogP contribution < -0.4 is 10.1 Å². The second-order valence-electron chi connectivity index (χ2n) is 4.83. The van der Waals surface area contributed by atoms with Gasteiger partial charge in [0.25, 0.3) is 5.95 Å². The molecule has 2 N–H and O–H groups in total. The maximum Gasteiger partial charge on any atom is 0.263 e. The third-order valence-electron chi connectivity index (χ3n) is 3.24. The zero-order chi connectivity index (χ0) is 16.9. The Hall–Kier alpha value is -2.38. The number of nitrogens with one attached hydrogen (secondary N) is 2. The molecule has 0 aliphatic carbocycles. The van der Waals surface area contributed by atoms with Crippen molar-refractivity contribution in [3.8, 4) is 5.75 Å². The number of ether oxygens (including phenoxy) is 1. The number of benzene rings is 2. The first kappa shape index (κ1) is 16.5. The minimum Gasteiger partial charge on any atom is -0.488 e. The van der Waals surface area contributed by atoms with Gasteiger partial charge in [-0.3, -0.25) is 0 Å². The van der Waals surface area contributed by atoms with Gasteiger partial charge in [0.1, 0.15) is 18.2 Å². The van der Waals surface area contributed by atoms with E-state index < -0.39 is 5.82 Å². The molecule has 0 radical (unpaired) electrons. The largest absolute Gasteiger partial charge is 0.488 e. The molecule has 1 heterocycles. The van der Waals surface area contributed by atoms with E-state index in [-0.39, 0.29) is 6.61 Å². The van der Waals surface area contributed by atoms with Crippen molar-refractivity contribution in [3.63, 3.8) is 0 Å². The van der Waals surface area contributed by atoms with Crippen molar-refractivity contribution >= 4 is 29.2 Å². The molecule has 0 saturated heterocycles. The molecule has 0 amide bonds. The zero-order valence-electron chi connectivity index (χ0n) is 12.3. The van der Waals surface area contributed by atoms with Crippen molar-refractivity contribution in [2.24, 2.45) is 0 Å². The average Bonchev–Trinajstić information content (AvgIpc) is 3.07. The van der Waals surface area contributed by atoms with Crippen molar-refractivity contribution in [2.45, 2.75) is 13.2 Å². The fourth-order valence-electron chi connectivity index (χ4n) is 2.06. The van der Waals surface area contributed by atoms with E-state index in [1.807, 2.05) is 0 Å². The lowest BCUT2D eigenvalue weighted by Gasteiger charge is -2.13. The first-order chi connectivity index (χ1) is 11.6. The number of hydrogen-bond donors (Lipinski definition) is 2. The van der Waals surface area contributed by atoms with E-state index in [0.717, 1.165) is 5.56 Å². The lowest BCUT2D eigenvalue weighted by molar-refractivity contribution is 0.297. The molecule has 1 aromatic heterocycles. The summed E-state index contributed by atoms with van der Waals surface area (Å²) in [5.41, 5.74) is 1.06. The SMILES string of the molecule is Fc1cccc(Cl)c1COc1ccc(Cl)cc1CNc1nn[nH]n1. The van der Waals surface area contributed by atoms with Crippen LogP contribution in [0.25, 0.3) is 0 Å². The van der Waals surface area contributed by atoms with Crippen LogP contribution in [0, 0.1) is 5.82 Å². The summed E-state index contributed by atoms with van der Waals surface area (Å²) in [5.74, 6) is 0.482. The number of halogens is 3. The summed E-state index contributed by atoms with van der Waals surface area (Å²) < 4.78 is 19.5. The van der Waals surface area contributed by atoms with Crippen LogP contribution in [0.4, 0.5) is 10.3 Å². The standard InChI is InChI=1S/C15H12Cl2FN5O/c16-10-4-5-14(9(6-10)7-19-15-20-22-23-21-15)24-8-11-12(17)2-1-3-13(11)18/h1-6H,7-8H2,(H2,19,20,21,22,23). The summed E-state index contributed by atoms with van der Waals surface area (Å²) in [6.07, 6.45) is 0. The van der Waals surface area contributed by atoms with Crippen LogP contribution in [0.1, 0.15) is 11.1 Å². The number of aromatic nitrogens is 4. The van der Waals surface area contributed by atoms with Crippen LogP contribution in [0.15, 0.2) is 36.4 Å². The fraction of sp³-hybridized carbons (Fsp3) is 0.133. The number of aromatic amines is 1. The van der Waals surface area contributed by atoms with E-state index in [1.54, 1.807) is 30.3 Å². The van der Waals surface area contributed by atoms with Crippen molar-refractivity contribution in [1.29, 1.82) is 0 Å². The highest BCUT2D eigenvalue weighted by Crippen LogP contribution is 2.26. The van der Waals surface area contributed by atoms with E-state index >= 15 is 0 Å². The molecule has 24 heavy (non-hydrogen) atoms. The molecule has 6 nitrogen and oxygen atoms in total. The molecular weight excluding hydrogens is 356 g/mol. The monoisotopic (exact) mass is 367 g/mol. The molecule has 9 heteroatoms. The van der Waals surface area contributed by atoms with E-state index in [2.05, 4.69) is 25.9 Å². The van der Waals surface area contributed by atoms with E-state index in [0.29, 0.717) is 33.9 Å². The van der Waals surface area contributed by atoms with E-state index in [9.17, 15) is 4.39 Å². The summed E-state index contributed by atoms with van der Waals surface area (Å²) in [6.45, 7) is 0.364. The zero-order valence-corrected chi connectivity index (χ0v) is 13.8. The van der Waals surface area contributed by atoms with Gasteiger partial charge < -0.3 is 10.1 Å². The first-order valence-corrected chi connectivity index (χ1v) is 7.70. The van der Waals surface area contributed by atoms with Gasteiger partial charge in [-0.15, -0.1) is 5.10 Å². The predicted molar refractivity (Wildman–Crippen MR) is 88.7 cm³/mol. The van der Waals surface area contributed by atoms with Gasteiger partial charge in [-0.05, 0) is 35.5 Å². The quantitative estimate of drug-likeness (QED) is 0.692. The summed E-state index contributed by atoms with van der Waals surface area (Å²) in [4.78, 5) is 0. The number of H-pyrrole nitrogens is 1. The van der Waals surface area contributed by atoms with Crippen molar-refractivity contribution < 1.29 is 9.13 Å². The third kappa shape index (κ3) is 3.93. The Bertz CT molecular complexity index is 808. The topological polar surface area (TPSA) is 75.7 Å². The molecule has 0 aliphatic rings. The van der Waals surface area contributed by atoms with Gasteiger partial charge in [0.2, 0.25) is 0 Å². The number of rotatable bonds is 6. The predicted octanol–water partition coefficient (Wildman–Crippen LogP) is 3.84. The molecule has 124 valence electrons. The number of anilines is 1. The summed E-state index contributed by atoms with van der Waals surface area (Å²) in [6, 6.07) is 9.65. The molecule has 3 aromatic rings. The molecule has 0 bridgehead atoms. The highest BCUT2D eigenvalue weighted by Gasteiger charge is 2.11. The van der Waals surface area contributed by atoms with Gasteiger partial charge in [0.15, 0.2) is 0 Å². The van der Waals surface area contributed by atoms with Gasteiger partial charge in [0.05, 0.1) is 5.02 Å². The van der Waals surface area contributed by atoms with Crippen LogP contribution in [0.3, 0.4) is 0 Å². The molecule has 2 aromatic carbocycles. The Kier molecular flexibility index (Phi) is 5.12. The molecular formula is C15H12Cl2FN5O. The number of nitrogens with zero attached hydrogens (tertiary/aromatic N) is 3. The van der Waals surface area contributed by atoms with Gasteiger partial charge in [-0.1, -0.05) is 34.4 Å². The van der Waals surface area contributed by atoms with Crippen LogP contribution in [0.5, 0.6) is 5.75 Å². The maximum absolute atomic E-state index is 13.8. The molecule has 0 aliphatic heterocycles. The molecule has 0 saturated carbocycles. The molecule has 0 unspecified atom stereocenters. The van der Waals surface area contributed by atoms with Crippen LogP contribution in [0.2, 0.25) is 10.0 Å². The Morgan fingerprint density at radius 2 is 2.08 bits per heavy atom. The smallest absolute Gasteiger partial charge is 0.263 e. The summed E-state index contributed by atoms with van der Waals surface area (Å²) >= 11 is 12.0. The average molecular weight is 368 g/mol. The summed E-state index contributed by atoms with van der Waals surface area (Å²) in [7, 11) is 0. The first-order valence-electron chi connectivity index (χ1n) is 6.95. The Balaban J connectivity index is 1.75. The van der Waals surface area contributed by atoms with Gasteiger partial charge >= 0.3 is 0 Å². The normalized spacial score (nSPS) is 10.6. The highest BCUT2D eigenvalue weighted by molar-refractivity contribution is 6.31. The Labute approximate surface area is 146 Å². The summed E-state index contributed by atoms with van der Waals surface area (Å²) in [5, 5.41) is 17.2. The lowest BCUT2D eigenvalue weighted by Crippen LogP contribution is -2.06. The Morgan fingerprint density at radius 1 is 1.21 bits per heavy atom. The highest BCUT2D eigenvalue weighted by atomic mass is 35.5. The van der Waals surface area contributed by atoms with Gasteiger partial charge in [-0.25, -0.2) is 4.39 Å². The fourth-order valence-corrected chi connectivity index (χ4v) is 2.47. The molecule has 0 spiro atoms. The van der Waals surface area contributed by atoms with Gasteiger partial charge in [0, 0.05) is 22.7 Å². The molecule has 0 fully saturated rings. The van der Waals surface area contributed by atoms with Crippen molar-refractivity contribution in [2.75, 3.05) is 5.32 Å². The number of tetrazole rings is 1. The number of hydrogen-bond acceptors (Lipinski definition) is 5. The van der Waals surface area contributed by atoms with E-state index in [4.69, 9.17) is 27.9 Å². The maximum atomic E-state index is 13.8. The second-order valence-corrected chi connectivity index (χ2v) is 5.67. The van der Waals surface area contributed by atoms with Crippen LogP contribution in [-0.4, -0.2) is 20.6 Å². The lowest BCUT2D eigenvalue weighted by atomic mass is 10.2. The minimum atomic E-state index is -0.414. The van der Waals surface area contributed by atoms with Crippen molar-refractivity contribution in [1.82, 2.24) is 20.6 Å². The van der Waals surface area contributed by atoms with Gasteiger partial charge in [-0.2, -0.15) is 5.21 Å². The third-order valence-corrected chi connectivity index (χ3v) is 3.83. The van der Waals surface area contributed by atoms with Crippen LogP contribution in [-0.2, 0) is 13.2 Å².